The Morgan fingerprint density at radius 3 is 1.24 bits per heavy atom. The molecule has 6 heteroatoms. The van der Waals surface area contributed by atoms with E-state index in [1.165, 1.54) is 0 Å². The van der Waals surface area contributed by atoms with Gasteiger partial charge in [-0.2, -0.15) is 10.2 Å². The fourth-order valence-corrected chi connectivity index (χ4v) is 8.53. The summed E-state index contributed by atoms with van der Waals surface area (Å²) in [6.07, 6.45) is 5.96. The Kier molecular flexibility index (Phi) is 10.2. The van der Waals surface area contributed by atoms with Crippen molar-refractivity contribution < 1.29 is 4.74 Å². The van der Waals surface area contributed by atoms with Crippen molar-refractivity contribution in [2.45, 2.75) is 13.8 Å². The van der Waals surface area contributed by atoms with E-state index >= 15 is 0 Å². The van der Waals surface area contributed by atoms with Gasteiger partial charge in [0.2, 0.25) is 0 Å². The Bertz CT molecular complexity index is 3040. The number of pyridine rings is 1. The van der Waals surface area contributed by atoms with E-state index in [4.69, 9.17) is 19.9 Å². The molecule has 10 rings (SSSR count). The van der Waals surface area contributed by atoms with Crippen LogP contribution in [0.2, 0.25) is 0 Å². The molecule has 6 nitrogen and oxygen atoms in total. The number of rotatable bonds is 10. The lowest BCUT2D eigenvalue weighted by molar-refractivity contribution is 0.415. The first kappa shape index (κ1) is 38.1. The van der Waals surface area contributed by atoms with Crippen molar-refractivity contribution in [3.05, 3.63) is 218 Å². The molecule has 0 atom stereocenters. The van der Waals surface area contributed by atoms with Crippen LogP contribution in [0.4, 0.5) is 0 Å². The van der Waals surface area contributed by atoms with Gasteiger partial charge in [0.25, 0.3) is 0 Å². The molecule has 0 spiro atoms. The molecule has 0 unspecified atom stereocenters. The maximum atomic E-state index is 5.50. The van der Waals surface area contributed by atoms with Crippen LogP contribution in [0.15, 0.2) is 207 Å². The second kappa shape index (κ2) is 16.5. The number of methoxy groups -OCH3 is 1. The fourth-order valence-electron chi connectivity index (χ4n) is 8.53. The molecule has 0 saturated carbocycles. The molecular weight excluding hydrogens is 759 g/mol. The maximum absolute atomic E-state index is 5.50. The summed E-state index contributed by atoms with van der Waals surface area (Å²) in [7, 11) is 1.69. The van der Waals surface area contributed by atoms with E-state index in [1.807, 2.05) is 82.6 Å². The third kappa shape index (κ3) is 7.18. The lowest BCUT2D eigenvalue weighted by Crippen LogP contribution is -1.98. The third-order valence-corrected chi connectivity index (χ3v) is 11.7. The molecule has 0 bridgehead atoms. The second-order valence-electron chi connectivity index (χ2n) is 15.4. The summed E-state index contributed by atoms with van der Waals surface area (Å²) < 4.78 is 9.54. The Labute approximate surface area is 362 Å². The van der Waals surface area contributed by atoms with Crippen molar-refractivity contribution >= 4 is 0 Å². The van der Waals surface area contributed by atoms with Crippen LogP contribution in [0.1, 0.15) is 11.4 Å². The van der Waals surface area contributed by atoms with E-state index in [-0.39, 0.29) is 0 Å². The Balaban J connectivity index is 1.15. The molecule has 0 N–H and O–H groups in total. The van der Waals surface area contributed by atoms with E-state index in [0.717, 1.165) is 107 Å². The van der Waals surface area contributed by atoms with Crippen molar-refractivity contribution in [1.82, 2.24) is 24.5 Å². The molecule has 298 valence electrons. The molecular formula is C56H43N5O. The number of hydrogen-bond donors (Lipinski definition) is 0. The number of para-hydroxylation sites is 2. The quantitative estimate of drug-likeness (QED) is 0.138. The van der Waals surface area contributed by atoms with Gasteiger partial charge in [0.1, 0.15) is 5.75 Å². The first-order valence-electron chi connectivity index (χ1n) is 20.8. The molecule has 10 aromatic rings. The van der Waals surface area contributed by atoms with Gasteiger partial charge in [-0.1, -0.05) is 127 Å². The second-order valence-corrected chi connectivity index (χ2v) is 15.4. The number of ether oxygens (including phenoxy) is 1. The Hall–Kier alpha value is -8.09. The number of aromatic nitrogens is 5. The van der Waals surface area contributed by atoms with Crippen molar-refractivity contribution in [2.24, 2.45) is 0 Å². The zero-order valence-corrected chi connectivity index (χ0v) is 34.8. The molecule has 0 saturated heterocycles. The Morgan fingerprint density at radius 1 is 0.355 bits per heavy atom. The molecule has 62 heavy (non-hydrogen) atoms. The Morgan fingerprint density at radius 2 is 0.790 bits per heavy atom. The van der Waals surface area contributed by atoms with Gasteiger partial charge in [0.05, 0.1) is 36.6 Å². The van der Waals surface area contributed by atoms with Gasteiger partial charge < -0.3 is 4.74 Å². The first-order chi connectivity index (χ1) is 30.5. The summed E-state index contributed by atoms with van der Waals surface area (Å²) in [4.78, 5) is 4.95. The molecule has 0 amide bonds. The molecule has 0 aliphatic carbocycles. The van der Waals surface area contributed by atoms with Gasteiger partial charge in [-0.05, 0) is 125 Å². The maximum Gasteiger partial charge on any atom is 0.119 e. The number of benzene rings is 7. The van der Waals surface area contributed by atoms with Crippen LogP contribution in [-0.2, 0) is 0 Å². The van der Waals surface area contributed by atoms with E-state index < -0.39 is 0 Å². The topological polar surface area (TPSA) is 57.8 Å². The molecule has 7 aromatic carbocycles. The fraction of sp³-hybridized carbons (Fsp3) is 0.0536. The van der Waals surface area contributed by atoms with Crippen LogP contribution in [0.3, 0.4) is 0 Å². The smallest absolute Gasteiger partial charge is 0.119 e. The summed E-state index contributed by atoms with van der Waals surface area (Å²) in [5.74, 6) is 0.804. The molecule has 3 heterocycles. The van der Waals surface area contributed by atoms with Crippen LogP contribution < -0.4 is 4.74 Å². The third-order valence-electron chi connectivity index (χ3n) is 11.7. The van der Waals surface area contributed by atoms with Crippen LogP contribution in [-0.4, -0.2) is 31.7 Å². The predicted molar refractivity (Wildman–Crippen MR) is 253 cm³/mol. The summed E-state index contributed by atoms with van der Waals surface area (Å²) in [5.41, 5.74) is 19.3. The van der Waals surface area contributed by atoms with Crippen LogP contribution in [0.25, 0.3) is 89.4 Å². The summed E-state index contributed by atoms with van der Waals surface area (Å²) in [5, 5.41) is 9.76. The molecule has 0 aliphatic heterocycles. The van der Waals surface area contributed by atoms with Gasteiger partial charge in [-0.15, -0.1) is 0 Å². The highest BCUT2D eigenvalue weighted by Crippen LogP contribution is 2.43. The minimum atomic E-state index is 0.804. The number of nitrogens with zero attached hydrogens (tertiary/aromatic N) is 5. The number of hydrogen-bond acceptors (Lipinski definition) is 4. The molecule has 0 aliphatic rings. The predicted octanol–water partition coefficient (Wildman–Crippen LogP) is 13.7. The lowest BCUT2D eigenvalue weighted by Gasteiger charge is -2.18. The molecule has 0 radical (unpaired) electrons. The zero-order valence-electron chi connectivity index (χ0n) is 34.8. The van der Waals surface area contributed by atoms with Crippen LogP contribution >= 0.6 is 0 Å². The molecule has 0 fully saturated rings. The highest BCUT2D eigenvalue weighted by molar-refractivity contribution is 5.94. The average Bonchev–Trinajstić information content (AvgIpc) is 3.93. The van der Waals surface area contributed by atoms with Gasteiger partial charge in [-0.25, -0.2) is 9.36 Å². The highest BCUT2D eigenvalue weighted by Gasteiger charge is 2.20. The van der Waals surface area contributed by atoms with Crippen molar-refractivity contribution in [1.29, 1.82) is 0 Å². The standard InChI is InChI=1S/C56H43N5O/c1-38-54(36-58-60(38)45-18-6-4-7-19-45)52-27-14-12-25-50(52)43-31-42(49-24-11-10-23-48(49)41-29-30-56(57-35-41)40-17-16-22-47(34-40)62-3)32-44(33-43)51-26-13-15-28-53(51)55-37-59-61(39(55)2)46-20-8-5-9-21-46/h4-37H,1-3H3. The van der Waals surface area contributed by atoms with Crippen molar-refractivity contribution in [3.63, 3.8) is 0 Å². The minimum absolute atomic E-state index is 0.804. The van der Waals surface area contributed by atoms with Gasteiger partial charge in [0, 0.05) is 39.8 Å². The first-order valence-corrected chi connectivity index (χ1v) is 20.8. The van der Waals surface area contributed by atoms with Crippen LogP contribution in [0.5, 0.6) is 5.75 Å². The average molecular weight is 802 g/mol. The zero-order chi connectivity index (χ0) is 42.0. The summed E-state index contributed by atoms with van der Waals surface area (Å²) >= 11 is 0. The highest BCUT2D eigenvalue weighted by atomic mass is 16.5. The summed E-state index contributed by atoms with van der Waals surface area (Å²) in [6, 6.07) is 65.9. The van der Waals surface area contributed by atoms with Gasteiger partial charge in [0.15, 0.2) is 0 Å². The van der Waals surface area contributed by atoms with Gasteiger partial charge >= 0.3 is 0 Å². The van der Waals surface area contributed by atoms with E-state index in [1.54, 1.807) is 7.11 Å². The largest absolute Gasteiger partial charge is 0.497 e. The monoisotopic (exact) mass is 801 g/mol. The van der Waals surface area contributed by atoms with E-state index in [9.17, 15) is 0 Å². The van der Waals surface area contributed by atoms with E-state index in [2.05, 4.69) is 147 Å². The van der Waals surface area contributed by atoms with Crippen molar-refractivity contribution in [3.8, 4) is 95.1 Å². The van der Waals surface area contributed by atoms with Crippen molar-refractivity contribution in [2.75, 3.05) is 7.11 Å². The SMILES string of the molecule is COc1cccc(-c2ccc(-c3ccccc3-c3cc(-c4ccccc4-c4cnn(-c5ccccc5)c4C)cc(-c4ccccc4-c4cnn(-c5ccccc5)c4C)c3)cn2)c1. The minimum Gasteiger partial charge on any atom is -0.497 e. The molecule has 3 aromatic heterocycles. The summed E-state index contributed by atoms with van der Waals surface area (Å²) in [6.45, 7) is 4.29. The van der Waals surface area contributed by atoms with Gasteiger partial charge in [-0.3, -0.25) is 4.98 Å². The van der Waals surface area contributed by atoms with E-state index in [0.29, 0.717) is 0 Å². The van der Waals surface area contributed by atoms with Crippen LogP contribution in [0, 0.1) is 13.8 Å². The normalized spacial score (nSPS) is 11.1. The lowest BCUT2D eigenvalue weighted by atomic mass is 9.86.